The van der Waals surface area contributed by atoms with Gasteiger partial charge in [-0.15, -0.1) is 21.5 Å². The Morgan fingerprint density at radius 3 is 2.41 bits per heavy atom. The van der Waals surface area contributed by atoms with Crippen molar-refractivity contribution in [2.45, 2.75) is 38.8 Å². The molecule has 0 amide bonds. The van der Waals surface area contributed by atoms with Crippen LogP contribution < -0.4 is 5.32 Å². The van der Waals surface area contributed by atoms with Crippen LogP contribution in [0.2, 0.25) is 0 Å². The van der Waals surface area contributed by atoms with Gasteiger partial charge in [-0.05, 0) is 19.5 Å². The number of aryl methyl sites for hydroxylation is 2. The summed E-state index contributed by atoms with van der Waals surface area (Å²) in [6, 6.07) is 0. The van der Waals surface area contributed by atoms with Gasteiger partial charge in [0.25, 0.3) is 0 Å². The Balaban J connectivity index is 2.28. The molecule has 7 heteroatoms. The molecule has 0 unspecified atom stereocenters. The monoisotopic (exact) mass is 267 g/mol. The molecule has 1 N–H and O–H groups in total. The van der Waals surface area contributed by atoms with E-state index in [9.17, 15) is 13.2 Å². The van der Waals surface area contributed by atoms with Crippen LogP contribution in [0, 0.1) is 0 Å². The van der Waals surface area contributed by atoms with Gasteiger partial charge < -0.3 is 5.32 Å². The number of nitrogens with zero attached hydrogens (tertiary/aromatic N) is 2. The molecular formula is C10H16F3N3S. The predicted molar refractivity (Wildman–Crippen MR) is 61.1 cm³/mol. The summed E-state index contributed by atoms with van der Waals surface area (Å²) in [5, 5.41) is 12.1. The van der Waals surface area contributed by atoms with Gasteiger partial charge in [-0.2, -0.15) is 13.2 Å². The van der Waals surface area contributed by atoms with Crippen molar-refractivity contribution in [2.24, 2.45) is 0 Å². The van der Waals surface area contributed by atoms with Crippen LogP contribution >= 0.6 is 11.3 Å². The summed E-state index contributed by atoms with van der Waals surface area (Å²) in [6.45, 7) is 3.85. The van der Waals surface area contributed by atoms with Gasteiger partial charge in [-0.3, -0.25) is 0 Å². The number of hydrogen-bond donors (Lipinski definition) is 1. The largest absolute Gasteiger partial charge is 0.389 e. The fourth-order valence-corrected chi connectivity index (χ4v) is 2.17. The van der Waals surface area contributed by atoms with Gasteiger partial charge in [0.05, 0.1) is 0 Å². The second-order valence-electron chi connectivity index (χ2n) is 3.66. The van der Waals surface area contributed by atoms with Crippen LogP contribution in [0.5, 0.6) is 0 Å². The number of aromatic nitrogens is 2. The van der Waals surface area contributed by atoms with Crippen molar-refractivity contribution >= 4 is 11.3 Å². The molecule has 0 radical (unpaired) electrons. The Hall–Kier alpha value is -0.690. The Labute approximate surface area is 102 Å². The van der Waals surface area contributed by atoms with Gasteiger partial charge in [0.15, 0.2) is 0 Å². The molecule has 0 fully saturated rings. The third kappa shape index (κ3) is 6.58. The fourth-order valence-electron chi connectivity index (χ4n) is 1.28. The van der Waals surface area contributed by atoms with E-state index in [1.807, 2.05) is 6.92 Å². The molecule has 1 aromatic rings. The Morgan fingerprint density at radius 1 is 1.18 bits per heavy atom. The molecule has 0 aromatic carbocycles. The maximum absolute atomic E-state index is 12.0. The molecule has 3 nitrogen and oxygen atoms in total. The van der Waals surface area contributed by atoms with E-state index in [1.54, 1.807) is 0 Å². The third-order valence-corrected chi connectivity index (χ3v) is 3.17. The van der Waals surface area contributed by atoms with E-state index in [4.69, 9.17) is 0 Å². The molecular weight excluding hydrogens is 251 g/mol. The molecule has 0 aliphatic carbocycles. The molecule has 1 heterocycles. The van der Waals surface area contributed by atoms with E-state index in [0.29, 0.717) is 5.01 Å². The molecule has 1 aromatic heterocycles. The summed E-state index contributed by atoms with van der Waals surface area (Å²) >= 11 is 1.28. The first-order chi connectivity index (χ1) is 8.01. The molecule has 0 saturated carbocycles. The van der Waals surface area contributed by atoms with Crippen LogP contribution in [-0.4, -0.2) is 29.5 Å². The van der Waals surface area contributed by atoms with Gasteiger partial charge in [-0.1, -0.05) is 6.92 Å². The van der Waals surface area contributed by atoms with Crippen molar-refractivity contribution in [1.82, 2.24) is 15.5 Å². The highest BCUT2D eigenvalue weighted by Gasteiger charge is 2.27. The lowest BCUT2D eigenvalue weighted by Crippen LogP contribution is -2.14. The predicted octanol–water partition coefficient (Wildman–Crippen LogP) is 2.58. The van der Waals surface area contributed by atoms with Crippen LogP contribution in [0.15, 0.2) is 0 Å². The zero-order valence-electron chi connectivity index (χ0n) is 9.68. The summed E-state index contributed by atoms with van der Waals surface area (Å²) in [4.78, 5) is 0. The maximum Gasteiger partial charge on any atom is 0.389 e. The SMILES string of the molecule is CCNCCCc1nnc(CCC(F)(F)F)s1. The van der Waals surface area contributed by atoms with Crippen molar-refractivity contribution in [1.29, 1.82) is 0 Å². The minimum Gasteiger partial charge on any atom is -0.317 e. The topological polar surface area (TPSA) is 37.8 Å². The molecule has 0 saturated heterocycles. The molecule has 1 rings (SSSR count). The number of hydrogen-bond acceptors (Lipinski definition) is 4. The number of alkyl halides is 3. The number of halogens is 3. The van der Waals surface area contributed by atoms with Gasteiger partial charge in [0.1, 0.15) is 10.0 Å². The van der Waals surface area contributed by atoms with Crippen molar-refractivity contribution in [2.75, 3.05) is 13.1 Å². The van der Waals surface area contributed by atoms with Gasteiger partial charge in [-0.25, -0.2) is 0 Å². The molecule has 17 heavy (non-hydrogen) atoms. The standard InChI is InChI=1S/C10H16F3N3S/c1-2-14-7-3-4-8-15-16-9(17-8)5-6-10(11,12)13/h14H,2-7H2,1H3. The van der Waals surface area contributed by atoms with E-state index in [-0.39, 0.29) is 6.42 Å². The van der Waals surface area contributed by atoms with Gasteiger partial charge in [0, 0.05) is 19.3 Å². The van der Waals surface area contributed by atoms with Crippen LogP contribution in [0.3, 0.4) is 0 Å². The minimum atomic E-state index is -4.11. The van der Waals surface area contributed by atoms with Crippen molar-refractivity contribution < 1.29 is 13.2 Å². The molecule has 0 atom stereocenters. The quantitative estimate of drug-likeness (QED) is 0.772. The highest BCUT2D eigenvalue weighted by molar-refractivity contribution is 7.11. The van der Waals surface area contributed by atoms with E-state index in [2.05, 4.69) is 15.5 Å². The highest BCUT2D eigenvalue weighted by Crippen LogP contribution is 2.23. The summed E-state index contributed by atoms with van der Waals surface area (Å²) in [6.07, 6.45) is -3.29. The lowest BCUT2D eigenvalue weighted by atomic mass is 10.3. The van der Waals surface area contributed by atoms with Crippen LogP contribution in [-0.2, 0) is 12.8 Å². The zero-order valence-corrected chi connectivity index (χ0v) is 10.5. The highest BCUT2D eigenvalue weighted by atomic mass is 32.1. The first-order valence-electron chi connectivity index (χ1n) is 5.60. The average molecular weight is 267 g/mol. The Morgan fingerprint density at radius 2 is 1.82 bits per heavy atom. The fraction of sp³-hybridized carbons (Fsp3) is 0.800. The summed E-state index contributed by atoms with van der Waals surface area (Å²) in [5.41, 5.74) is 0. The normalized spacial score (nSPS) is 12.0. The van der Waals surface area contributed by atoms with E-state index < -0.39 is 12.6 Å². The Kier molecular flexibility index (Phi) is 5.84. The van der Waals surface area contributed by atoms with Crippen LogP contribution in [0.4, 0.5) is 13.2 Å². The summed E-state index contributed by atoms with van der Waals surface area (Å²) in [7, 11) is 0. The van der Waals surface area contributed by atoms with Gasteiger partial charge in [0.2, 0.25) is 0 Å². The first kappa shape index (κ1) is 14.4. The second-order valence-corrected chi connectivity index (χ2v) is 4.81. The molecule has 0 spiro atoms. The van der Waals surface area contributed by atoms with Crippen LogP contribution in [0.1, 0.15) is 29.8 Å². The molecule has 0 bridgehead atoms. The molecule has 98 valence electrons. The van der Waals surface area contributed by atoms with Crippen LogP contribution in [0.25, 0.3) is 0 Å². The van der Waals surface area contributed by atoms with Gasteiger partial charge >= 0.3 is 6.18 Å². The smallest absolute Gasteiger partial charge is 0.317 e. The number of rotatable bonds is 7. The lowest BCUT2D eigenvalue weighted by Gasteiger charge is -2.02. The maximum atomic E-state index is 12.0. The third-order valence-electron chi connectivity index (χ3n) is 2.13. The summed E-state index contributed by atoms with van der Waals surface area (Å²) in [5.74, 6) is 0. The number of nitrogens with one attached hydrogen (secondary N) is 1. The van der Waals surface area contributed by atoms with Crippen molar-refractivity contribution in [3.8, 4) is 0 Å². The lowest BCUT2D eigenvalue weighted by molar-refractivity contribution is -0.134. The minimum absolute atomic E-state index is 0.0611. The summed E-state index contributed by atoms with van der Waals surface area (Å²) < 4.78 is 36.0. The molecule has 0 aliphatic heterocycles. The van der Waals surface area contributed by atoms with Crippen molar-refractivity contribution in [3.63, 3.8) is 0 Å². The Bertz CT molecular complexity index is 325. The van der Waals surface area contributed by atoms with E-state index >= 15 is 0 Å². The second kappa shape index (κ2) is 6.90. The molecule has 0 aliphatic rings. The first-order valence-corrected chi connectivity index (χ1v) is 6.41. The van der Waals surface area contributed by atoms with E-state index in [0.717, 1.165) is 30.9 Å². The zero-order chi connectivity index (χ0) is 12.7. The van der Waals surface area contributed by atoms with E-state index in [1.165, 1.54) is 11.3 Å². The van der Waals surface area contributed by atoms with Crippen molar-refractivity contribution in [3.05, 3.63) is 10.0 Å². The average Bonchev–Trinajstić information content (AvgIpc) is 2.69.